The molecule has 0 aromatic heterocycles. The third-order valence-electron chi connectivity index (χ3n) is 3.43. The van der Waals surface area contributed by atoms with E-state index in [-0.39, 0.29) is 24.3 Å². The fourth-order valence-electron chi connectivity index (χ4n) is 2.03. The average Bonchev–Trinajstić information content (AvgIpc) is 2.47. The number of nitrogens with one attached hydrogen (secondary N) is 1. The standard InChI is InChI=1S/C16H21N3O2/c1-4-12(2)19(13(3)20)10-9-16(21)18-15-8-6-5-7-14(15)11-17/h5-8,12H,4,9-10H2,1-3H3,(H,18,21). The van der Waals surface area contributed by atoms with Gasteiger partial charge in [0.05, 0.1) is 11.3 Å². The van der Waals surface area contributed by atoms with Crippen molar-refractivity contribution in [1.82, 2.24) is 4.90 Å². The van der Waals surface area contributed by atoms with Crippen molar-refractivity contribution in [3.05, 3.63) is 29.8 Å². The molecule has 0 heterocycles. The van der Waals surface area contributed by atoms with E-state index >= 15 is 0 Å². The SMILES string of the molecule is CCC(C)N(CCC(=O)Nc1ccccc1C#N)C(C)=O. The lowest BCUT2D eigenvalue weighted by Gasteiger charge is -2.27. The molecule has 1 rings (SSSR count). The Morgan fingerprint density at radius 3 is 2.62 bits per heavy atom. The van der Waals surface area contributed by atoms with Crippen LogP contribution in [0, 0.1) is 11.3 Å². The highest BCUT2D eigenvalue weighted by Gasteiger charge is 2.16. The van der Waals surface area contributed by atoms with Gasteiger partial charge in [-0.05, 0) is 25.5 Å². The Hall–Kier alpha value is -2.35. The number of carbonyl (C=O) groups excluding carboxylic acids is 2. The normalized spacial score (nSPS) is 11.3. The number of anilines is 1. The smallest absolute Gasteiger partial charge is 0.226 e. The van der Waals surface area contributed by atoms with Gasteiger partial charge in [-0.25, -0.2) is 0 Å². The van der Waals surface area contributed by atoms with Crippen LogP contribution >= 0.6 is 0 Å². The van der Waals surface area contributed by atoms with Crippen molar-refractivity contribution in [3.8, 4) is 6.07 Å². The number of nitriles is 1. The summed E-state index contributed by atoms with van der Waals surface area (Å²) in [7, 11) is 0. The molecule has 0 radical (unpaired) electrons. The Morgan fingerprint density at radius 2 is 2.05 bits per heavy atom. The van der Waals surface area contributed by atoms with Crippen LogP contribution in [0.2, 0.25) is 0 Å². The molecule has 0 spiro atoms. The van der Waals surface area contributed by atoms with Crippen molar-refractivity contribution in [2.24, 2.45) is 0 Å². The number of carbonyl (C=O) groups is 2. The van der Waals surface area contributed by atoms with Crippen molar-refractivity contribution < 1.29 is 9.59 Å². The largest absolute Gasteiger partial charge is 0.340 e. The number of amides is 2. The van der Waals surface area contributed by atoms with Gasteiger partial charge in [0.2, 0.25) is 11.8 Å². The van der Waals surface area contributed by atoms with Crippen LogP contribution in [-0.4, -0.2) is 29.3 Å². The zero-order valence-corrected chi connectivity index (χ0v) is 12.7. The maximum Gasteiger partial charge on any atom is 0.226 e. The van der Waals surface area contributed by atoms with E-state index in [1.165, 1.54) is 6.92 Å². The van der Waals surface area contributed by atoms with Crippen molar-refractivity contribution in [1.29, 1.82) is 5.26 Å². The predicted octanol–water partition coefficient (Wildman–Crippen LogP) is 2.53. The van der Waals surface area contributed by atoms with Crippen molar-refractivity contribution in [3.63, 3.8) is 0 Å². The minimum Gasteiger partial charge on any atom is -0.340 e. The van der Waals surface area contributed by atoms with Crippen LogP contribution in [0.4, 0.5) is 5.69 Å². The Morgan fingerprint density at radius 1 is 1.38 bits per heavy atom. The molecule has 2 amide bonds. The van der Waals surface area contributed by atoms with Crippen LogP contribution in [0.5, 0.6) is 0 Å². The molecule has 1 unspecified atom stereocenters. The zero-order valence-electron chi connectivity index (χ0n) is 12.7. The first-order valence-corrected chi connectivity index (χ1v) is 7.05. The summed E-state index contributed by atoms with van der Waals surface area (Å²) in [6.45, 7) is 5.86. The molecule has 1 N–H and O–H groups in total. The van der Waals surface area contributed by atoms with Gasteiger partial charge in [0.25, 0.3) is 0 Å². The minimum atomic E-state index is -0.202. The van der Waals surface area contributed by atoms with E-state index in [1.807, 2.05) is 19.9 Å². The number of hydrogen-bond acceptors (Lipinski definition) is 3. The van der Waals surface area contributed by atoms with Gasteiger partial charge in [0, 0.05) is 25.9 Å². The van der Waals surface area contributed by atoms with Gasteiger partial charge in [-0.2, -0.15) is 5.26 Å². The van der Waals surface area contributed by atoms with E-state index in [1.54, 1.807) is 29.2 Å². The van der Waals surface area contributed by atoms with E-state index in [2.05, 4.69) is 5.32 Å². The monoisotopic (exact) mass is 287 g/mol. The Labute approximate surface area is 125 Å². The lowest BCUT2D eigenvalue weighted by Crippen LogP contribution is -2.38. The number of para-hydroxylation sites is 1. The molecule has 21 heavy (non-hydrogen) atoms. The van der Waals surface area contributed by atoms with Crippen molar-refractivity contribution in [2.45, 2.75) is 39.7 Å². The molecule has 5 heteroatoms. The van der Waals surface area contributed by atoms with E-state index in [9.17, 15) is 9.59 Å². The molecule has 1 aromatic rings. The number of hydrogen-bond donors (Lipinski definition) is 1. The summed E-state index contributed by atoms with van der Waals surface area (Å²) >= 11 is 0. The fourth-order valence-corrected chi connectivity index (χ4v) is 2.03. The summed E-state index contributed by atoms with van der Waals surface area (Å²) < 4.78 is 0. The highest BCUT2D eigenvalue weighted by molar-refractivity contribution is 5.92. The summed E-state index contributed by atoms with van der Waals surface area (Å²) in [4.78, 5) is 25.2. The molecular formula is C16H21N3O2. The molecule has 0 aliphatic carbocycles. The molecule has 0 saturated heterocycles. The van der Waals surface area contributed by atoms with Crippen LogP contribution in [0.1, 0.15) is 39.2 Å². The Kier molecular flexibility index (Phi) is 6.41. The molecule has 0 bridgehead atoms. The Bertz CT molecular complexity index is 549. The first-order valence-electron chi connectivity index (χ1n) is 7.05. The maximum atomic E-state index is 12.0. The molecule has 0 saturated carbocycles. The van der Waals surface area contributed by atoms with Gasteiger partial charge in [-0.15, -0.1) is 0 Å². The lowest BCUT2D eigenvalue weighted by molar-refractivity contribution is -0.131. The zero-order chi connectivity index (χ0) is 15.8. The molecule has 1 atom stereocenters. The molecule has 5 nitrogen and oxygen atoms in total. The molecule has 1 aromatic carbocycles. The van der Waals surface area contributed by atoms with Gasteiger partial charge in [-0.3, -0.25) is 9.59 Å². The first kappa shape index (κ1) is 16.7. The maximum absolute atomic E-state index is 12.0. The molecule has 0 fully saturated rings. The lowest BCUT2D eigenvalue weighted by atomic mass is 10.2. The highest BCUT2D eigenvalue weighted by atomic mass is 16.2. The summed E-state index contributed by atoms with van der Waals surface area (Å²) in [5, 5.41) is 11.7. The molecule has 0 aliphatic heterocycles. The van der Waals surface area contributed by atoms with Gasteiger partial charge in [0.1, 0.15) is 6.07 Å². The second-order valence-electron chi connectivity index (χ2n) is 4.93. The second kappa shape index (κ2) is 8.05. The van der Waals surface area contributed by atoms with E-state index in [0.717, 1.165) is 6.42 Å². The number of nitrogens with zero attached hydrogens (tertiary/aromatic N) is 2. The van der Waals surface area contributed by atoms with E-state index in [4.69, 9.17) is 5.26 Å². The van der Waals surface area contributed by atoms with E-state index < -0.39 is 0 Å². The third kappa shape index (κ3) is 4.92. The van der Waals surface area contributed by atoms with E-state index in [0.29, 0.717) is 17.8 Å². The first-order chi connectivity index (χ1) is 9.99. The van der Waals surface area contributed by atoms with Crippen LogP contribution in [0.25, 0.3) is 0 Å². The van der Waals surface area contributed by atoms with Crippen LogP contribution in [0.3, 0.4) is 0 Å². The fraction of sp³-hybridized carbons (Fsp3) is 0.438. The number of benzene rings is 1. The third-order valence-corrected chi connectivity index (χ3v) is 3.43. The molecule has 0 aliphatic rings. The summed E-state index contributed by atoms with van der Waals surface area (Å²) in [5.74, 6) is -0.234. The van der Waals surface area contributed by atoms with Gasteiger partial charge in [0.15, 0.2) is 0 Å². The van der Waals surface area contributed by atoms with Gasteiger partial charge >= 0.3 is 0 Å². The topological polar surface area (TPSA) is 73.2 Å². The van der Waals surface area contributed by atoms with Gasteiger partial charge < -0.3 is 10.2 Å². The van der Waals surface area contributed by atoms with Gasteiger partial charge in [-0.1, -0.05) is 19.1 Å². The van der Waals surface area contributed by atoms with Crippen molar-refractivity contribution in [2.75, 3.05) is 11.9 Å². The van der Waals surface area contributed by atoms with Crippen LogP contribution in [-0.2, 0) is 9.59 Å². The van der Waals surface area contributed by atoms with Crippen LogP contribution < -0.4 is 5.32 Å². The summed E-state index contributed by atoms with van der Waals surface area (Å²) in [5.41, 5.74) is 0.930. The second-order valence-corrected chi connectivity index (χ2v) is 4.93. The highest BCUT2D eigenvalue weighted by Crippen LogP contribution is 2.14. The summed E-state index contributed by atoms with van der Waals surface area (Å²) in [6, 6.07) is 8.99. The minimum absolute atomic E-state index is 0.0328. The quantitative estimate of drug-likeness (QED) is 0.873. The molecular weight excluding hydrogens is 266 g/mol. The summed E-state index contributed by atoms with van der Waals surface area (Å²) in [6.07, 6.45) is 1.06. The predicted molar refractivity (Wildman–Crippen MR) is 81.5 cm³/mol. The number of rotatable bonds is 6. The average molecular weight is 287 g/mol. The molecule has 112 valence electrons. The van der Waals surface area contributed by atoms with Crippen molar-refractivity contribution >= 4 is 17.5 Å². The Balaban J connectivity index is 2.62. The van der Waals surface area contributed by atoms with Crippen LogP contribution in [0.15, 0.2) is 24.3 Å².